The number of hydrogen-bond acceptors (Lipinski definition) is 4. The second kappa shape index (κ2) is 7.77. The van der Waals surface area contributed by atoms with E-state index < -0.39 is 7.25 Å². The summed E-state index contributed by atoms with van der Waals surface area (Å²) in [6.07, 6.45) is 9.95. The van der Waals surface area contributed by atoms with Crippen molar-refractivity contribution in [3.63, 3.8) is 0 Å². The lowest BCUT2D eigenvalue weighted by Gasteiger charge is -2.46. The SMILES string of the molecule is C[C@@H]1CCC[C@]2(CC[N+]3=C(N2)N[C@@]2(CCC[C@@H](C)O2)CC3)O1.F[B-](F)(F)F. The molecule has 0 saturated carbocycles. The Labute approximate surface area is 158 Å². The first-order valence-electron chi connectivity index (χ1n) is 9.99. The maximum Gasteiger partial charge on any atom is 0.673 e. The van der Waals surface area contributed by atoms with Gasteiger partial charge in [0.25, 0.3) is 0 Å². The van der Waals surface area contributed by atoms with Crippen LogP contribution < -0.4 is 10.6 Å². The minimum absolute atomic E-state index is 0.157. The van der Waals surface area contributed by atoms with Crippen LogP contribution in [0.2, 0.25) is 0 Å². The topological polar surface area (TPSA) is 45.5 Å². The Morgan fingerprint density at radius 1 is 0.852 bits per heavy atom. The molecule has 27 heavy (non-hydrogen) atoms. The van der Waals surface area contributed by atoms with Crippen molar-refractivity contribution < 1.29 is 31.3 Å². The summed E-state index contributed by atoms with van der Waals surface area (Å²) in [6, 6.07) is 0. The van der Waals surface area contributed by atoms with Gasteiger partial charge in [-0.1, -0.05) is 0 Å². The predicted octanol–water partition coefficient (Wildman–Crippen LogP) is 3.21. The third-order valence-corrected chi connectivity index (χ3v) is 5.82. The summed E-state index contributed by atoms with van der Waals surface area (Å²) in [5, 5.41) is 7.43. The summed E-state index contributed by atoms with van der Waals surface area (Å²) in [5.41, 5.74) is -0.315. The zero-order chi connectivity index (χ0) is 19.7. The van der Waals surface area contributed by atoms with Gasteiger partial charge < -0.3 is 26.7 Å². The lowest BCUT2D eigenvalue weighted by molar-refractivity contribution is -0.554. The van der Waals surface area contributed by atoms with Crippen molar-refractivity contribution in [3.8, 4) is 0 Å². The van der Waals surface area contributed by atoms with E-state index in [9.17, 15) is 17.3 Å². The van der Waals surface area contributed by atoms with Gasteiger partial charge in [-0.05, 0) is 39.5 Å². The maximum atomic E-state index is 9.75. The molecule has 0 aromatic heterocycles. The molecule has 10 heteroatoms. The molecule has 2 N–H and O–H groups in total. The van der Waals surface area contributed by atoms with Gasteiger partial charge in [-0.3, -0.25) is 4.58 Å². The molecule has 0 bridgehead atoms. The summed E-state index contributed by atoms with van der Waals surface area (Å²) < 4.78 is 54.1. The molecule has 0 aromatic rings. The van der Waals surface area contributed by atoms with Gasteiger partial charge in [0.05, 0.1) is 25.3 Å². The number of halogens is 4. The summed E-state index contributed by atoms with van der Waals surface area (Å²) in [4.78, 5) is 0. The van der Waals surface area contributed by atoms with Crippen molar-refractivity contribution in [1.82, 2.24) is 10.6 Å². The average molecular weight is 395 g/mol. The van der Waals surface area contributed by atoms with E-state index in [4.69, 9.17) is 9.47 Å². The zero-order valence-electron chi connectivity index (χ0n) is 16.1. The Balaban J connectivity index is 0.000000376. The van der Waals surface area contributed by atoms with E-state index in [0.717, 1.165) is 44.7 Å². The van der Waals surface area contributed by atoms with Crippen LogP contribution in [0.15, 0.2) is 0 Å². The molecule has 4 rings (SSSR count). The van der Waals surface area contributed by atoms with Crippen LogP contribution in [0.5, 0.6) is 0 Å². The quantitative estimate of drug-likeness (QED) is 0.376. The van der Waals surface area contributed by atoms with E-state index in [2.05, 4.69) is 29.1 Å². The van der Waals surface area contributed by atoms with Gasteiger partial charge in [0.2, 0.25) is 0 Å². The summed E-state index contributed by atoms with van der Waals surface area (Å²) in [7, 11) is -6.00. The van der Waals surface area contributed by atoms with Crippen molar-refractivity contribution in [1.29, 1.82) is 0 Å². The van der Waals surface area contributed by atoms with Crippen molar-refractivity contribution in [3.05, 3.63) is 0 Å². The monoisotopic (exact) mass is 395 g/mol. The molecule has 0 radical (unpaired) electrons. The molecule has 0 aromatic carbocycles. The molecule has 0 amide bonds. The number of nitrogens with one attached hydrogen (secondary N) is 2. The third kappa shape index (κ3) is 5.50. The number of hydrogen-bond donors (Lipinski definition) is 2. The van der Waals surface area contributed by atoms with Crippen molar-refractivity contribution in [2.75, 3.05) is 13.1 Å². The molecule has 2 fully saturated rings. The standard InChI is InChI=1S/C17H29N3O2.BF4/c1-13-5-3-7-16(21-13)9-11-20-12-10-17(19-15(20)18-16)8-4-6-14(2)22-17;2-1(3,4)5/h13-14H,3-12H2,1-2H3,(H,18,19);/q;-1/p+1/t13-,14-,16-,17-;/m1./s1. The van der Waals surface area contributed by atoms with Crippen LogP contribution in [0.25, 0.3) is 0 Å². The minimum Gasteiger partial charge on any atom is -0.418 e. The van der Waals surface area contributed by atoms with Gasteiger partial charge >= 0.3 is 13.2 Å². The molecule has 2 spiro atoms. The molecule has 156 valence electrons. The second-order valence-electron chi connectivity index (χ2n) is 8.21. The van der Waals surface area contributed by atoms with E-state index in [1.807, 2.05) is 0 Å². The van der Waals surface area contributed by atoms with E-state index >= 15 is 0 Å². The first kappa shape index (κ1) is 20.7. The Bertz CT molecular complexity index is 531. The number of ether oxygens (including phenoxy) is 2. The number of guanidine groups is 1. The fourth-order valence-electron chi connectivity index (χ4n) is 4.62. The van der Waals surface area contributed by atoms with Crippen molar-refractivity contribution in [2.24, 2.45) is 0 Å². The first-order chi connectivity index (χ1) is 12.6. The maximum absolute atomic E-state index is 9.75. The van der Waals surface area contributed by atoms with Crippen LogP contribution in [-0.4, -0.2) is 54.5 Å². The first-order valence-corrected chi connectivity index (χ1v) is 9.99. The number of nitrogens with zero attached hydrogens (tertiary/aromatic N) is 1. The summed E-state index contributed by atoms with van der Waals surface area (Å²) in [6.45, 7) is 6.55. The molecular formula is C17H30BF4N3O2. The average Bonchev–Trinajstić information content (AvgIpc) is 2.52. The fourth-order valence-corrected chi connectivity index (χ4v) is 4.62. The minimum atomic E-state index is -6.00. The van der Waals surface area contributed by atoms with Gasteiger partial charge in [-0.25, -0.2) is 10.6 Å². The Morgan fingerprint density at radius 3 is 1.63 bits per heavy atom. The lowest BCUT2D eigenvalue weighted by Crippen LogP contribution is -2.70. The molecule has 4 aliphatic rings. The highest BCUT2D eigenvalue weighted by Gasteiger charge is 2.50. The Hall–Kier alpha value is -1.03. The molecule has 4 aliphatic heterocycles. The van der Waals surface area contributed by atoms with E-state index in [0.29, 0.717) is 12.2 Å². The summed E-state index contributed by atoms with van der Waals surface area (Å²) >= 11 is 0. The van der Waals surface area contributed by atoms with Crippen LogP contribution in [-0.2, 0) is 9.47 Å². The number of rotatable bonds is 0. The molecule has 0 aliphatic carbocycles. The normalized spacial score (nSPS) is 39.2. The molecule has 2 saturated heterocycles. The summed E-state index contributed by atoms with van der Waals surface area (Å²) in [5.74, 6) is 1.14. The third-order valence-electron chi connectivity index (χ3n) is 5.82. The zero-order valence-corrected chi connectivity index (χ0v) is 16.1. The Morgan fingerprint density at radius 2 is 1.26 bits per heavy atom. The van der Waals surface area contributed by atoms with E-state index in [-0.39, 0.29) is 11.4 Å². The van der Waals surface area contributed by atoms with Gasteiger partial charge in [-0.2, -0.15) is 0 Å². The van der Waals surface area contributed by atoms with Crippen LogP contribution in [0.4, 0.5) is 17.3 Å². The van der Waals surface area contributed by atoms with E-state index in [1.165, 1.54) is 25.7 Å². The van der Waals surface area contributed by atoms with Crippen LogP contribution in [0, 0.1) is 0 Å². The molecule has 4 atom stereocenters. The molecule has 4 heterocycles. The molecular weight excluding hydrogens is 365 g/mol. The Kier molecular flexibility index (Phi) is 5.96. The highest BCUT2D eigenvalue weighted by Crippen LogP contribution is 2.34. The smallest absolute Gasteiger partial charge is 0.418 e. The van der Waals surface area contributed by atoms with Crippen LogP contribution in [0.3, 0.4) is 0 Å². The van der Waals surface area contributed by atoms with Crippen LogP contribution >= 0.6 is 0 Å². The van der Waals surface area contributed by atoms with Gasteiger partial charge in [0, 0.05) is 25.7 Å². The fraction of sp³-hybridized carbons (Fsp3) is 0.941. The van der Waals surface area contributed by atoms with E-state index in [1.54, 1.807) is 0 Å². The second-order valence-corrected chi connectivity index (χ2v) is 8.21. The molecule has 0 unspecified atom stereocenters. The van der Waals surface area contributed by atoms with Crippen molar-refractivity contribution >= 4 is 13.2 Å². The van der Waals surface area contributed by atoms with Gasteiger partial charge in [-0.15, -0.1) is 0 Å². The van der Waals surface area contributed by atoms with Crippen molar-refractivity contribution in [2.45, 2.75) is 88.9 Å². The van der Waals surface area contributed by atoms with Crippen LogP contribution in [0.1, 0.15) is 65.2 Å². The predicted molar refractivity (Wildman–Crippen MR) is 95.0 cm³/mol. The highest BCUT2D eigenvalue weighted by molar-refractivity contribution is 6.50. The lowest BCUT2D eigenvalue weighted by atomic mass is 9.92. The van der Waals surface area contributed by atoms with Gasteiger partial charge in [0.15, 0.2) is 11.4 Å². The largest absolute Gasteiger partial charge is 0.673 e. The van der Waals surface area contributed by atoms with Gasteiger partial charge in [0.1, 0.15) is 0 Å². The molecule has 5 nitrogen and oxygen atoms in total. The highest BCUT2D eigenvalue weighted by atomic mass is 19.5.